The van der Waals surface area contributed by atoms with Gasteiger partial charge in [0.05, 0.1) is 34.7 Å². The van der Waals surface area contributed by atoms with Gasteiger partial charge in [-0.05, 0) is 35.9 Å². The maximum Gasteiger partial charge on any atom is 0.252 e. The van der Waals surface area contributed by atoms with Crippen LogP contribution in [0.1, 0.15) is 5.56 Å². The van der Waals surface area contributed by atoms with E-state index in [2.05, 4.69) is 20.9 Å². The summed E-state index contributed by atoms with van der Waals surface area (Å²) in [6.45, 7) is 0. The Morgan fingerprint density at radius 2 is 1.97 bits per heavy atom. The van der Waals surface area contributed by atoms with Crippen molar-refractivity contribution in [2.75, 3.05) is 16.4 Å². The number of thioether (sulfide) groups is 1. The molecular weight excluding hydrogens is 503 g/mol. The van der Waals surface area contributed by atoms with E-state index in [0.29, 0.717) is 21.4 Å². The van der Waals surface area contributed by atoms with E-state index in [-0.39, 0.29) is 40.9 Å². The molecule has 2 heterocycles. The minimum atomic E-state index is -3.16. The van der Waals surface area contributed by atoms with E-state index in [0.717, 1.165) is 4.47 Å². The first-order valence-electron chi connectivity index (χ1n) is 8.69. The molecule has 4 rings (SSSR count). The lowest BCUT2D eigenvalue weighted by Crippen LogP contribution is -2.38. The van der Waals surface area contributed by atoms with Gasteiger partial charge in [-0.2, -0.15) is 4.99 Å². The Bertz CT molecular complexity index is 1110. The number of amides is 1. The first kappa shape index (κ1) is 20.8. The van der Waals surface area contributed by atoms with E-state index in [1.54, 1.807) is 35.2 Å². The summed E-state index contributed by atoms with van der Waals surface area (Å²) in [6.07, 6.45) is 0.0277. The van der Waals surface area contributed by atoms with Crippen LogP contribution in [0.3, 0.4) is 0 Å². The lowest BCUT2D eigenvalue weighted by Gasteiger charge is -2.25. The molecule has 2 aromatic rings. The Morgan fingerprint density at radius 1 is 1.24 bits per heavy atom. The number of amidine groups is 1. The Kier molecular flexibility index (Phi) is 5.76. The molecule has 2 aliphatic heterocycles. The van der Waals surface area contributed by atoms with Crippen molar-refractivity contribution in [3.05, 3.63) is 63.3 Å². The number of sulfone groups is 1. The van der Waals surface area contributed by atoms with Crippen molar-refractivity contribution in [2.24, 2.45) is 4.99 Å². The van der Waals surface area contributed by atoms with Gasteiger partial charge in [0.2, 0.25) is 0 Å². The molecule has 0 unspecified atom stereocenters. The summed E-state index contributed by atoms with van der Waals surface area (Å²) in [5.74, 6) is -0.732. The number of carbonyl (C=O) groups excluding carboxylic acids is 1. The molecule has 1 amide bonds. The summed E-state index contributed by atoms with van der Waals surface area (Å²) in [5, 5.41) is 0.659. The summed E-state index contributed by atoms with van der Waals surface area (Å²) < 4.78 is 38.1. The quantitative estimate of drug-likeness (QED) is 0.614. The summed E-state index contributed by atoms with van der Waals surface area (Å²) >= 11 is 11.1. The molecule has 2 fully saturated rings. The predicted octanol–water partition coefficient (Wildman–Crippen LogP) is 4.09. The van der Waals surface area contributed by atoms with Crippen LogP contribution in [-0.2, 0) is 21.1 Å². The Hall–Kier alpha value is -1.42. The molecule has 29 heavy (non-hydrogen) atoms. The molecule has 2 aliphatic rings. The molecular formula is C19H15BrClFN2O3S2. The zero-order valence-electron chi connectivity index (χ0n) is 14.9. The number of anilines is 1. The Labute approximate surface area is 185 Å². The topological polar surface area (TPSA) is 66.8 Å². The average molecular weight is 518 g/mol. The molecule has 5 nitrogen and oxygen atoms in total. The number of hydrogen-bond donors (Lipinski definition) is 0. The van der Waals surface area contributed by atoms with Gasteiger partial charge >= 0.3 is 0 Å². The Morgan fingerprint density at radius 3 is 2.66 bits per heavy atom. The third kappa shape index (κ3) is 4.52. The summed E-state index contributed by atoms with van der Waals surface area (Å²) in [5.41, 5.74) is 1.26. The SMILES string of the molecule is O=C(Cc1ccc(F)cc1)N=C1S[C@@H]2CS(=O)(=O)C[C@H]2N1c1ccc(Br)cc1Cl. The highest BCUT2D eigenvalue weighted by molar-refractivity contribution is 9.10. The van der Waals surface area contributed by atoms with E-state index in [1.165, 1.54) is 23.9 Å². The van der Waals surface area contributed by atoms with Crippen molar-refractivity contribution in [1.29, 1.82) is 0 Å². The molecule has 0 N–H and O–H groups in total. The number of rotatable bonds is 3. The van der Waals surface area contributed by atoms with Gasteiger partial charge < -0.3 is 4.90 Å². The Balaban J connectivity index is 1.66. The molecule has 10 heteroatoms. The van der Waals surface area contributed by atoms with E-state index in [9.17, 15) is 17.6 Å². The molecule has 2 aromatic carbocycles. The van der Waals surface area contributed by atoms with Crippen LogP contribution < -0.4 is 4.90 Å². The van der Waals surface area contributed by atoms with E-state index >= 15 is 0 Å². The fourth-order valence-electron chi connectivity index (χ4n) is 3.45. The molecule has 0 saturated carbocycles. The number of hydrogen-bond acceptors (Lipinski definition) is 4. The third-order valence-electron chi connectivity index (χ3n) is 4.72. The minimum Gasteiger partial charge on any atom is -0.314 e. The highest BCUT2D eigenvalue weighted by Crippen LogP contribution is 2.43. The highest BCUT2D eigenvalue weighted by atomic mass is 79.9. The van der Waals surface area contributed by atoms with Crippen LogP contribution in [-0.4, -0.2) is 42.3 Å². The molecule has 0 aromatic heterocycles. The van der Waals surface area contributed by atoms with Crippen LogP contribution >= 0.6 is 39.3 Å². The van der Waals surface area contributed by atoms with Crippen molar-refractivity contribution in [3.63, 3.8) is 0 Å². The van der Waals surface area contributed by atoms with Gasteiger partial charge in [0, 0.05) is 9.72 Å². The molecule has 2 atom stereocenters. The summed E-state index contributed by atoms with van der Waals surface area (Å²) in [4.78, 5) is 18.6. The number of benzene rings is 2. The summed E-state index contributed by atoms with van der Waals surface area (Å²) in [7, 11) is -3.16. The van der Waals surface area contributed by atoms with E-state index in [1.807, 2.05) is 0 Å². The van der Waals surface area contributed by atoms with Gasteiger partial charge in [-0.15, -0.1) is 0 Å². The molecule has 152 valence electrons. The molecule has 0 spiro atoms. The fraction of sp³-hybridized carbons (Fsp3) is 0.263. The van der Waals surface area contributed by atoms with Gasteiger partial charge in [-0.25, -0.2) is 12.8 Å². The van der Waals surface area contributed by atoms with Crippen LogP contribution in [0.2, 0.25) is 5.02 Å². The number of halogens is 3. The first-order chi connectivity index (χ1) is 13.7. The molecule has 0 radical (unpaired) electrons. The zero-order valence-corrected chi connectivity index (χ0v) is 18.9. The smallest absolute Gasteiger partial charge is 0.252 e. The number of nitrogens with zero attached hydrogens (tertiary/aromatic N) is 2. The second kappa shape index (κ2) is 8.02. The normalized spacial score (nSPS) is 24.1. The van der Waals surface area contributed by atoms with Crippen molar-refractivity contribution < 1.29 is 17.6 Å². The maximum atomic E-state index is 13.1. The average Bonchev–Trinajstić information content (AvgIpc) is 3.08. The van der Waals surface area contributed by atoms with Crippen LogP contribution in [0.5, 0.6) is 0 Å². The summed E-state index contributed by atoms with van der Waals surface area (Å²) in [6, 6.07) is 10.6. The van der Waals surface area contributed by atoms with Crippen molar-refractivity contribution >= 4 is 65.9 Å². The van der Waals surface area contributed by atoms with E-state index in [4.69, 9.17) is 11.6 Å². The lowest BCUT2D eigenvalue weighted by atomic mass is 10.1. The molecule has 2 saturated heterocycles. The van der Waals surface area contributed by atoms with Crippen LogP contribution in [0.4, 0.5) is 10.1 Å². The van der Waals surface area contributed by atoms with Gasteiger partial charge in [-0.3, -0.25) is 4.79 Å². The standard InChI is InChI=1S/C19H15BrClFN2O3S2/c20-12-3-6-15(14(21)8-12)24-16-9-29(26,27)10-17(16)28-19(24)23-18(25)7-11-1-4-13(22)5-2-11/h1-6,8,16-17H,7,9-10H2/t16-,17-/m1/s1. The van der Waals surface area contributed by atoms with E-state index < -0.39 is 9.84 Å². The van der Waals surface area contributed by atoms with Crippen molar-refractivity contribution in [2.45, 2.75) is 17.7 Å². The first-order valence-corrected chi connectivity index (χ1v) is 12.6. The minimum absolute atomic E-state index is 0.0117. The van der Waals surface area contributed by atoms with Gasteiger partial charge in [0.25, 0.3) is 5.91 Å². The molecule has 0 aliphatic carbocycles. The third-order valence-corrected chi connectivity index (χ3v) is 8.73. The monoisotopic (exact) mass is 516 g/mol. The largest absolute Gasteiger partial charge is 0.314 e. The van der Waals surface area contributed by atoms with Crippen LogP contribution in [0.25, 0.3) is 0 Å². The van der Waals surface area contributed by atoms with Crippen molar-refractivity contribution in [3.8, 4) is 0 Å². The number of carbonyl (C=O) groups is 1. The number of aliphatic imine (C=N–C) groups is 1. The second-order valence-corrected chi connectivity index (χ2v) is 11.5. The van der Waals surface area contributed by atoms with Crippen LogP contribution in [0.15, 0.2) is 51.9 Å². The maximum absolute atomic E-state index is 13.1. The highest BCUT2D eigenvalue weighted by Gasteiger charge is 2.49. The van der Waals surface area contributed by atoms with Crippen LogP contribution in [0, 0.1) is 5.82 Å². The molecule has 0 bridgehead atoms. The van der Waals surface area contributed by atoms with Gasteiger partial charge in [-0.1, -0.05) is 51.4 Å². The second-order valence-electron chi connectivity index (χ2n) is 6.86. The number of fused-ring (bicyclic) bond motifs is 1. The lowest BCUT2D eigenvalue weighted by molar-refractivity contribution is -0.117. The fourth-order valence-corrected chi connectivity index (χ4v) is 8.13. The van der Waals surface area contributed by atoms with Gasteiger partial charge in [0.15, 0.2) is 15.0 Å². The zero-order chi connectivity index (χ0) is 20.8. The van der Waals surface area contributed by atoms with Gasteiger partial charge in [0.1, 0.15) is 5.82 Å². The predicted molar refractivity (Wildman–Crippen MR) is 118 cm³/mol. The van der Waals surface area contributed by atoms with Crippen molar-refractivity contribution in [1.82, 2.24) is 0 Å².